The van der Waals surface area contributed by atoms with E-state index in [0.29, 0.717) is 6.42 Å². The van der Waals surface area contributed by atoms with E-state index >= 15 is 0 Å². The lowest BCUT2D eigenvalue weighted by atomic mass is 9.53. The first kappa shape index (κ1) is 15.5. The molecule has 0 saturated heterocycles. The van der Waals surface area contributed by atoms with Crippen molar-refractivity contribution in [1.82, 2.24) is 10.3 Å². The van der Waals surface area contributed by atoms with Crippen LogP contribution in [0.5, 0.6) is 0 Å². The van der Waals surface area contributed by atoms with Crippen LogP contribution >= 0.6 is 0 Å². The molecule has 4 aliphatic rings. The van der Waals surface area contributed by atoms with E-state index in [2.05, 4.69) is 40.8 Å². The van der Waals surface area contributed by atoms with Crippen molar-refractivity contribution in [2.75, 3.05) is 0 Å². The average Bonchev–Trinajstić information content (AvgIpc) is 2.96. The van der Waals surface area contributed by atoms with Gasteiger partial charge < -0.3 is 10.3 Å². The van der Waals surface area contributed by atoms with Crippen molar-refractivity contribution in [3.05, 3.63) is 36.0 Å². The Morgan fingerprint density at radius 3 is 2.48 bits per heavy atom. The zero-order valence-electron chi connectivity index (χ0n) is 14.9. The monoisotopic (exact) mass is 336 g/mol. The van der Waals surface area contributed by atoms with Crippen LogP contribution in [0.15, 0.2) is 30.5 Å². The molecule has 1 aromatic heterocycles. The predicted octanol–water partition coefficient (Wildman–Crippen LogP) is 4.58. The summed E-state index contributed by atoms with van der Waals surface area (Å²) < 4.78 is 0. The Bertz CT molecular complexity index is 755. The van der Waals surface area contributed by atoms with Gasteiger partial charge in [-0.3, -0.25) is 4.79 Å². The van der Waals surface area contributed by atoms with Crippen LogP contribution in [0, 0.1) is 17.8 Å². The Labute approximate surface area is 149 Å². The number of fused-ring (bicyclic) bond motifs is 1. The molecular weight excluding hydrogens is 308 g/mol. The second kappa shape index (κ2) is 5.89. The molecule has 2 N–H and O–H groups in total. The van der Waals surface area contributed by atoms with Crippen LogP contribution in [0.3, 0.4) is 0 Å². The number of aryl methyl sites for hydroxylation is 1. The van der Waals surface area contributed by atoms with Crippen LogP contribution in [-0.4, -0.2) is 16.4 Å². The smallest absolute Gasteiger partial charge is 0.220 e. The second-order valence-electron chi connectivity index (χ2n) is 8.96. The maximum atomic E-state index is 12.6. The Hall–Kier alpha value is -1.77. The van der Waals surface area contributed by atoms with E-state index in [1.165, 1.54) is 55.0 Å². The third-order valence-electron chi connectivity index (χ3n) is 6.97. The number of rotatable bonds is 5. The highest BCUT2D eigenvalue weighted by atomic mass is 16.1. The van der Waals surface area contributed by atoms with Gasteiger partial charge in [-0.1, -0.05) is 18.2 Å². The maximum absolute atomic E-state index is 12.6. The van der Waals surface area contributed by atoms with E-state index < -0.39 is 0 Å². The van der Waals surface area contributed by atoms with Gasteiger partial charge in [0.1, 0.15) is 0 Å². The predicted molar refractivity (Wildman–Crippen MR) is 100 cm³/mol. The standard InChI is InChI=1S/C22H28N2O/c25-21(7-3-4-18-14-23-20-6-2-1-5-19(18)20)24-22-11-15-8-16(12-22)10-17(9-15)13-22/h1-2,5-6,14-17,23H,3-4,7-13H2,(H,24,25). The zero-order valence-corrected chi connectivity index (χ0v) is 14.9. The molecule has 4 saturated carbocycles. The number of carbonyl (C=O) groups excluding carboxylic acids is 1. The van der Waals surface area contributed by atoms with Crippen LogP contribution in [0.4, 0.5) is 0 Å². The van der Waals surface area contributed by atoms with Crippen LogP contribution in [0.1, 0.15) is 56.9 Å². The first-order chi connectivity index (χ1) is 12.2. The fraction of sp³-hybridized carbons (Fsp3) is 0.591. The van der Waals surface area contributed by atoms with Crippen LogP contribution < -0.4 is 5.32 Å². The Morgan fingerprint density at radius 1 is 1.08 bits per heavy atom. The molecule has 1 amide bonds. The molecule has 0 radical (unpaired) electrons. The largest absolute Gasteiger partial charge is 0.361 e. The molecule has 4 aliphatic carbocycles. The molecule has 3 nitrogen and oxygen atoms in total. The van der Waals surface area contributed by atoms with Gasteiger partial charge in [-0.15, -0.1) is 0 Å². The third-order valence-corrected chi connectivity index (χ3v) is 6.97. The van der Waals surface area contributed by atoms with Gasteiger partial charge in [0.15, 0.2) is 0 Å². The summed E-state index contributed by atoms with van der Waals surface area (Å²) in [5.74, 6) is 2.94. The van der Waals surface area contributed by atoms with E-state index in [1.54, 1.807) is 0 Å². The van der Waals surface area contributed by atoms with Gasteiger partial charge in [0.25, 0.3) is 0 Å². The lowest BCUT2D eigenvalue weighted by Crippen LogP contribution is -2.59. The van der Waals surface area contributed by atoms with Crippen LogP contribution in [0.2, 0.25) is 0 Å². The van der Waals surface area contributed by atoms with Crippen molar-refractivity contribution in [2.24, 2.45) is 17.8 Å². The summed E-state index contributed by atoms with van der Waals surface area (Å²) in [5.41, 5.74) is 2.68. The average molecular weight is 336 g/mol. The second-order valence-corrected chi connectivity index (χ2v) is 8.96. The number of para-hydroxylation sites is 1. The number of carbonyl (C=O) groups is 1. The quantitative estimate of drug-likeness (QED) is 0.825. The van der Waals surface area contributed by atoms with Crippen molar-refractivity contribution in [1.29, 1.82) is 0 Å². The highest BCUT2D eigenvalue weighted by Crippen LogP contribution is 2.55. The molecule has 25 heavy (non-hydrogen) atoms. The molecule has 2 aromatic rings. The van der Waals surface area contributed by atoms with Crippen molar-refractivity contribution in [3.63, 3.8) is 0 Å². The normalized spacial score (nSPS) is 33.0. The topological polar surface area (TPSA) is 44.9 Å². The first-order valence-corrected chi connectivity index (χ1v) is 10.1. The van der Waals surface area contributed by atoms with Gasteiger partial charge in [0.2, 0.25) is 5.91 Å². The summed E-state index contributed by atoms with van der Waals surface area (Å²) in [6.07, 6.45) is 12.7. The maximum Gasteiger partial charge on any atom is 0.220 e. The summed E-state index contributed by atoms with van der Waals surface area (Å²) in [6, 6.07) is 8.41. The van der Waals surface area contributed by atoms with Crippen molar-refractivity contribution in [2.45, 2.75) is 63.3 Å². The number of H-pyrrole nitrogens is 1. The molecule has 132 valence electrons. The van der Waals surface area contributed by atoms with Gasteiger partial charge in [-0.2, -0.15) is 0 Å². The number of nitrogens with one attached hydrogen (secondary N) is 2. The lowest BCUT2D eigenvalue weighted by molar-refractivity contribution is -0.126. The fourth-order valence-electron chi connectivity index (χ4n) is 6.40. The Kier molecular flexibility index (Phi) is 3.65. The molecule has 0 aliphatic heterocycles. The summed E-state index contributed by atoms with van der Waals surface area (Å²) >= 11 is 0. The summed E-state index contributed by atoms with van der Waals surface area (Å²) in [7, 11) is 0. The molecular formula is C22H28N2O. The number of amides is 1. The summed E-state index contributed by atoms with van der Waals surface area (Å²) in [4.78, 5) is 15.9. The van der Waals surface area contributed by atoms with Crippen LogP contribution in [-0.2, 0) is 11.2 Å². The highest BCUT2D eigenvalue weighted by Gasteiger charge is 2.51. The van der Waals surface area contributed by atoms with Gasteiger partial charge in [-0.25, -0.2) is 0 Å². The molecule has 4 bridgehead atoms. The van der Waals surface area contributed by atoms with Crippen molar-refractivity contribution < 1.29 is 4.79 Å². The van der Waals surface area contributed by atoms with Crippen LogP contribution in [0.25, 0.3) is 10.9 Å². The number of benzene rings is 1. The summed E-state index contributed by atoms with van der Waals surface area (Å²) in [6.45, 7) is 0. The van der Waals surface area contributed by atoms with Crippen molar-refractivity contribution >= 4 is 16.8 Å². The van der Waals surface area contributed by atoms with Gasteiger partial charge >= 0.3 is 0 Å². The van der Waals surface area contributed by atoms with E-state index in [1.807, 2.05) is 0 Å². The minimum atomic E-state index is 0.159. The number of hydrogen-bond acceptors (Lipinski definition) is 1. The minimum absolute atomic E-state index is 0.159. The Morgan fingerprint density at radius 2 is 1.76 bits per heavy atom. The van der Waals surface area contributed by atoms with E-state index in [-0.39, 0.29) is 11.4 Å². The molecule has 1 aromatic carbocycles. The molecule has 1 heterocycles. The third kappa shape index (κ3) is 2.88. The molecule has 6 rings (SSSR count). The van der Waals surface area contributed by atoms with Gasteiger partial charge in [-0.05, 0) is 80.8 Å². The fourth-order valence-corrected chi connectivity index (χ4v) is 6.40. The number of aromatic nitrogens is 1. The lowest BCUT2D eigenvalue weighted by Gasteiger charge is -2.56. The summed E-state index contributed by atoms with van der Waals surface area (Å²) in [5, 5.41) is 4.79. The number of aromatic amines is 1. The minimum Gasteiger partial charge on any atom is -0.361 e. The number of hydrogen-bond donors (Lipinski definition) is 2. The molecule has 0 spiro atoms. The van der Waals surface area contributed by atoms with E-state index in [0.717, 1.165) is 30.6 Å². The van der Waals surface area contributed by atoms with Crippen molar-refractivity contribution in [3.8, 4) is 0 Å². The SMILES string of the molecule is O=C(CCCc1c[nH]c2ccccc12)NC12CC3CC(CC(C3)C1)C2. The first-order valence-electron chi connectivity index (χ1n) is 10.1. The van der Waals surface area contributed by atoms with E-state index in [4.69, 9.17) is 0 Å². The van der Waals surface area contributed by atoms with Gasteiger partial charge in [0, 0.05) is 29.1 Å². The Balaban J connectivity index is 1.18. The zero-order chi connectivity index (χ0) is 16.9. The molecule has 0 atom stereocenters. The molecule has 3 heteroatoms. The highest BCUT2D eigenvalue weighted by molar-refractivity contribution is 5.83. The van der Waals surface area contributed by atoms with E-state index in [9.17, 15) is 4.79 Å². The molecule has 0 unspecified atom stereocenters. The molecule has 4 fully saturated rings. The van der Waals surface area contributed by atoms with Gasteiger partial charge in [0.05, 0.1) is 0 Å².